The molecule has 1 aromatic rings. The molecule has 1 amide bonds. The van der Waals surface area contributed by atoms with E-state index in [9.17, 15) is 4.79 Å². The fraction of sp³-hybridized carbons (Fsp3) is 0.571. The fourth-order valence-electron chi connectivity index (χ4n) is 2.83. The molecule has 1 aliphatic carbocycles. The lowest BCUT2D eigenvalue weighted by molar-refractivity contribution is 0.100. The highest BCUT2D eigenvalue weighted by atomic mass is 16.1. The maximum atomic E-state index is 11.4. The average Bonchev–Trinajstić information content (AvgIpc) is 2.30. The van der Waals surface area contributed by atoms with Gasteiger partial charge in [-0.05, 0) is 30.7 Å². The highest BCUT2D eigenvalue weighted by Gasteiger charge is 2.28. The minimum absolute atomic E-state index is 0.309. The monoisotopic (exact) mass is 262 g/mol. The van der Waals surface area contributed by atoms with Gasteiger partial charge in [0.25, 0.3) is 5.91 Å². The summed E-state index contributed by atoms with van der Waals surface area (Å²) in [6.45, 7) is 4.55. The highest BCUT2D eigenvalue weighted by molar-refractivity contribution is 5.99. The molecular weight excluding hydrogens is 240 g/mol. The molecule has 5 heteroatoms. The summed E-state index contributed by atoms with van der Waals surface area (Å²) in [6.07, 6.45) is 6.21. The third kappa shape index (κ3) is 3.36. The Kier molecular flexibility index (Phi) is 3.64. The second-order valence-electron chi connectivity index (χ2n) is 6.12. The number of nitrogens with two attached hydrogens (primary N) is 2. The van der Waals surface area contributed by atoms with Crippen LogP contribution in [0.4, 0.5) is 11.5 Å². The second kappa shape index (κ2) is 5.07. The first kappa shape index (κ1) is 13.6. The van der Waals surface area contributed by atoms with E-state index in [2.05, 4.69) is 24.1 Å². The summed E-state index contributed by atoms with van der Waals surface area (Å²) in [6, 6.07) is 1.88. The van der Waals surface area contributed by atoms with Crippen molar-refractivity contribution in [2.45, 2.75) is 45.6 Å². The van der Waals surface area contributed by atoms with Crippen molar-refractivity contribution in [3.63, 3.8) is 0 Å². The van der Waals surface area contributed by atoms with E-state index in [0.29, 0.717) is 28.5 Å². The van der Waals surface area contributed by atoms with Gasteiger partial charge < -0.3 is 16.8 Å². The van der Waals surface area contributed by atoms with Crippen molar-refractivity contribution in [2.75, 3.05) is 11.1 Å². The number of nitrogens with one attached hydrogen (secondary N) is 1. The largest absolute Gasteiger partial charge is 0.384 e. The first-order valence-electron chi connectivity index (χ1n) is 6.69. The number of hydrogen-bond acceptors (Lipinski definition) is 4. The number of rotatable bonds is 3. The van der Waals surface area contributed by atoms with Crippen LogP contribution in [0.25, 0.3) is 0 Å². The Balaban J connectivity index is 2.17. The summed E-state index contributed by atoms with van der Waals surface area (Å²) in [5.74, 6) is -0.171. The highest BCUT2D eigenvalue weighted by Crippen LogP contribution is 2.36. The van der Waals surface area contributed by atoms with Crippen molar-refractivity contribution in [2.24, 2.45) is 11.1 Å². The molecule has 0 spiro atoms. The minimum Gasteiger partial charge on any atom is -0.384 e. The lowest BCUT2D eigenvalue weighted by Crippen LogP contribution is -2.32. The van der Waals surface area contributed by atoms with Crippen molar-refractivity contribution in [3.8, 4) is 0 Å². The van der Waals surface area contributed by atoms with Crippen LogP contribution in [0.1, 0.15) is 49.9 Å². The van der Waals surface area contributed by atoms with E-state index in [1.54, 1.807) is 6.20 Å². The molecule has 5 N–H and O–H groups in total. The minimum atomic E-state index is -0.480. The maximum absolute atomic E-state index is 11.4. The topological polar surface area (TPSA) is 94.0 Å². The first-order valence-corrected chi connectivity index (χ1v) is 6.69. The van der Waals surface area contributed by atoms with Gasteiger partial charge in [-0.15, -0.1) is 0 Å². The Hall–Kier alpha value is -1.78. The number of anilines is 2. The standard InChI is InChI=1S/C14H22N4O/c1-14(2)5-3-4-9(7-14)18-11-8-17-12(15)6-10(11)13(16)19/h6,8-9,18H,3-5,7H2,1-2H3,(H2,15,17)(H2,16,19). The molecular formula is C14H22N4O. The summed E-state index contributed by atoms with van der Waals surface area (Å²) in [5, 5.41) is 3.39. The van der Waals surface area contributed by atoms with E-state index >= 15 is 0 Å². The molecule has 2 rings (SSSR count). The zero-order valence-corrected chi connectivity index (χ0v) is 11.6. The van der Waals surface area contributed by atoms with E-state index in [4.69, 9.17) is 11.5 Å². The Bertz CT molecular complexity index is 484. The molecule has 1 aliphatic rings. The van der Waals surface area contributed by atoms with Gasteiger partial charge in [0.1, 0.15) is 5.82 Å². The van der Waals surface area contributed by atoms with Gasteiger partial charge >= 0.3 is 0 Å². The maximum Gasteiger partial charge on any atom is 0.250 e. The smallest absolute Gasteiger partial charge is 0.250 e. The van der Waals surface area contributed by atoms with Gasteiger partial charge in [-0.3, -0.25) is 4.79 Å². The van der Waals surface area contributed by atoms with Gasteiger partial charge in [0, 0.05) is 6.04 Å². The number of amides is 1. The summed E-state index contributed by atoms with van der Waals surface area (Å²) < 4.78 is 0. The number of carbonyl (C=O) groups is 1. The third-order valence-corrected chi connectivity index (χ3v) is 3.76. The summed E-state index contributed by atoms with van der Waals surface area (Å²) in [5.41, 5.74) is 12.4. The van der Waals surface area contributed by atoms with Crippen LogP contribution in [0.2, 0.25) is 0 Å². The SMILES string of the molecule is CC1(C)CCCC(Nc2cnc(N)cc2C(N)=O)C1. The second-order valence-corrected chi connectivity index (χ2v) is 6.12. The van der Waals surface area contributed by atoms with Crippen LogP contribution in [0, 0.1) is 5.41 Å². The molecule has 5 nitrogen and oxygen atoms in total. The molecule has 1 aromatic heterocycles. The predicted molar refractivity (Wildman–Crippen MR) is 76.8 cm³/mol. The lowest BCUT2D eigenvalue weighted by Gasteiger charge is -2.36. The van der Waals surface area contributed by atoms with E-state index < -0.39 is 5.91 Å². The Morgan fingerprint density at radius 3 is 2.89 bits per heavy atom. The number of nitrogens with zero attached hydrogens (tertiary/aromatic N) is 1. The van der Waals surface area contributed by atoms with Crippen LogP contribution in [-0.2, 0) is 0 Å². The number of nitrogen functional groups attached to an aromatic ring is 1. The van der Waals surface area contributed by atoms with E-state index in [0.717, 1.165) is 12.8 Å². The summed E-state index contributed by atoms with van der Waals surface area (Å²) >= 11 is 0. The zero-order valence-electron chi connectivity index (χ0n) is 11.6. The van der Waals surface area contributed by atoms with Crippen molar-refractivity contribution >= 4 is 17.4 Å². The number of aromatic nitrogens is 1. The van der Waals surface area contributed by atoms with Crippen molar-refractivity contribution in [1.82, 2.24) is 4.98 Å². The average molecular weight is 262 g/mol. The van der Waals surface area contributed by atoms with Gasteiger partial charge in [-0.25, -0.2) is 4.98 Å². The molecule has 1 fully saturated rings. The zero-order chi connectivity index (χ0) is 14.0. The Labute approximate surface area is 113 Å². The predicted octanol–water partition coefficient (Wildman–Crippen LogP) is 2.14. The van der Waals surface area contributed by atoms with Crippen LogP contribution in [0.3, 0.4) is 0 Å². The molecule has 1 unspecified atom stereocenters. The van der Waals surface area contributed by atoms with Gasteiger partial charge in [0.05, 0.1) is 17.4 Å². The van der Waals surface area contributed by atoms with Gasteiger partial charge in [0.2, 0.25) is 0 Å². The first-order chi connectivity index (χ1) is 8.87. The molecule has 0 bridgehead atoms. The molecule has 104 valence electrons. The van der Waals surface area contributed by atoms with Crippen molar-refractivity contribution < 1.29 is 4.79 Å². The Morgan fingerprint density at radius 2 is 2.26 bits per heavy atom. The molecule has 0 radical (unpaired) electrons. The van der Waals surface area contributed by atoms with Gasteiger partial charge in [-0.1, -0.05) is 20.3 Å². The van der Waals surface area contributed by atoms with Crippen LogP contribution < -0.4 is 16.8 Å². The van der Waals surface area contributed by atoms with Crippen LogP contribution >= 0.6 is 0 Å². The molecule has 19 heavy (non-hydrogen) atoms. The van der Waals surface area contributed by atoms with E-state index in [1.807, 2.05) is 0 Å². The van der Waals surface area contributed by atoms with E-state index in [1.165, 1.54) is 18.9 Å². The van der Waals surface area contributed by atoms with Crippen LogP contribution in [0.15, 0.2) is 12.3 Å². The number of primary amides is 1. The number of pyridine rings is 1. The van der Waals surface area contributed by atoms with E-state index in [-0.39, 0.29) is 0 Å². The third-order valence-electron chi connectivity index (χ3n) is 3.76. The summed E-state index contributed by atoms with van der Waals surface area (Å²) in [4.78, 5) is 15.5. The van der Waals surface area contributed by atoms with Crippen LogP contribution in [-0.4, -0.2) is 16.9 Å². The van der Waals surface area contributed by atoms with Crippen molar-refractivity contribution in [1.29, 1.82) is 0 Å². The molecule has 0 aliphatic heterocycles. The van der Waals surface area contributed by atoms with Crippen LogP contribution in [0.5, 0.6) is 0 Å². The lowest BCUT2D eigenvalue weighted by atomic mass is 9.75. The normalized spacial score (nSPS) is 21.9. The number of carbonyl (C=O) groups excluding carboxylic acids is 1. The Morgan fingerprint density at radius 1 is 1.53 bits per heavy atom. The molecule has 0 saturated heterocycles. The molecule has 1 saturated carbocycles. The fourth-order valence-corrected chi connectivity index (χ4v) is 2.83. The molecule has 1 heterocycles. The van der Waals surface area contributed by atoms with Gasteiger partial charge in [0.15, 0.2) is 0 Å². The number of hydrogen-bond donors (Lipinski definition) is 3. The van der Waals surface area contributed by atoms with Crippen molar-refractivity contribution in [3.05, 3.63) is 17.8 Å². The van der Waals surface area contributed by atoms with Gasteiger partial charge in [-0.2, -0.15) is 0 Å². The quantitative estimate of drug-likeness (QED) is 0.778. The molecule has 0 aromatic carbocycles. The summed E-state index contributed by atoms with van der Waals surface area (Å²) in [7, 11) is 0. The molecule has 1 atom stereocenters.